The average Bonchev–Trinajstić information content (AvgIpc) is 3.25. The Balaban J connectivity index is 1.44. The summed E-state index contributed by atoms with van der Waals surface area (Å²) in [6.45, 7) is 2.56. The summed E-state index contributed by atoms with van der Waals surface area (Å²) in [5.74, 6) is 1.06. The van der Waals surface area contributed by atoms with Gasteiger partial charge in [0, 0.05) is 5.69 Å². The third-order valence-corrected chi connectivity index (χ3v) is 5.08. The second-order valence-electron chi connectivity index (χ2n) is 5.01. The van der Waals surface area contributed by atoms with Crippen molar-refractivity contribution in [2.24, 2.45) is 0 Å². The summed E-state index contributed by atoms with van der Waals surface area (Å²) in [6.07, 6.45) is 1.63. The van der Waals surface area contributed by atoms with E-state index in [1.54, 1.807) is 6.26 Å². The average molecular weight is 360 g/mol. The van der Waals surface area contributed by atoms with Crippen LogP contribution in [-0.2, 0) is 11.3 Å². The van der Waals surface area contributed by atoms with Gasteiger partial charge in [-0.2, -0.15) is 0 Å². The van der Waals surface area contributed by atoms with E-state index in [1.165, 1.54) is 23.1 Å². The van der Waals surface area contributed by atoms with Crippen molar-refractivity contribution in [1.29, 1.82) is 0 Å². The number of nitrogens with one attached hydrogen (secondary N) is 2. The molecule has 0 aliphatic rings. The van der Waals surface area contributed by atoms with E-state index in [4.69, 9.17) is 4.42 Å². The van der Waals surface area contributed by atoms with E-state index in [9.17, 15) is 4.79 Å². The first-order valence-corrected chi connectivity index (χ1v) is 9.08. The van der Waals surface area contributed by atoms with Crippen molar-refractivity contribution in [2.75, 3.05) is 16.4 Å². The number of rotatable bonds is 7. The van der Waals surface area contributed by atoms with Gasteiger partial charge in [0.2, 0.25) is 11.0 Å². The van der Waals surface area contributed by atoms with Gasteiger partial charge in [-0.15, -0.1) is 10.2 Å². The molecule has 0 unspecified atom stereocenters. The van der Waals surface area contributed by atoms with Gasteiger partial charge in [-0.05, 0) is 31.2 Å². The second-order valence-corrected chi connectivity index (χ2v) is 7.21. The Hall–Kier alpha value is -2.32. The van der Waals surface area contributed by atoms with E-state index in [2.05, 4.69) is 20.8 Å². The van der Waals surface area contributed by atoms with Crippen LogP contribution in [0, 0.1) is 6.92 Å². The molecule has 0 saturated heterocycles. The zero-order valence-electron chi connectivity index (χ0n) is 13.0. The van der Waals surface area contributed by atoms with Crippen LogP contribution in [0.2, 0.25) is 0 Å². The Bertz CT molecular complexity index is 785. The molecule has 0 aliphatic carbocycles. The number of hydrogen-bond acceptors (Lipinski definition) is 7. The minimum Gasteiger partial charge on any atom is -0.467 e. The smallest absolute Gasteiger partial charge is 0.234 e. The third kappa shape index (κ3) is 4.84. The maximum absolute atomic E-state index is 12.0. The zero-order valence-corrected chi connectivity index (χ0v) is 14.6. The maximum Gasteiger partial charge on any atom is 0.234 e. The summed E-state index contributed by atoms with van der Waals surface area (Å²) in [6, 6.07) is 11.4. The lowest BCUT2D eigenvalue weighted by Crippen LogP contribution is -2.13. The number of benzene rings is 1. The Morgan fingerprint density at radius 2 is 2.08 bits per heavy atom. The first-order valence-electron chi connectivity index (χ1n) is 7.28. The fourth-order valence-electron chi connectivity index (χ4n) is 1.88. The number of anilines is 2. The molecule has 8 heteroatoms. The van der Waals surface area contributed by atoms with E-state index < -0.39 is 0 Å². The number of amides is 1. The van der Waals surface area contributed by atoms with Gasteiger partial charge in [-0.3, -0.25) is 4.79 Å². The highest BCUT2D eigenvalue weighted by Crippen LogP contribution is 2.26. The number of hydrogen-bond donors (Lipinski definition) is 2. The standard InChI is InChI=1S/C16H16N4O2S2/c1-11-4-6-12(7-5-11)18-14(21)10-23-16-20-19-15(24-16)17-9-13-3-2-8-22-13/h2-8H,9-10H2,1H3,(H,17,19)(H,18,21). The van der Waals surface area contributed by atoms with E-state index in [1.807, 2.05) is 43.3 Å². The van der Waals surface area contributed by atoms with Crippen LogP contribution >= 0.6 is 23.1 Å². The van der Waals surface area contributed by atoms with Crippen LogP contribution < -0.4 is 10.6 Å². The SMILES string of the molecule is Cc1ccc(NC(=O)CSc2nnc(NCc3ccco3)s2)cc1. The first-order chi connectivity index (χ1) is 11.7. The monoisotopic (exact) mass is 360 g/mol. The first kappa shape index (κ1) is 16.5. The van der Waals surface area contributed by atoms with E-state index in [-0.39, 0.29) is 5.91 Å². The van der Waals surface area contributed by atoms with Crippen LogP contribution in [0.3, 0.4) is 0 Å². The summed E-state index contributed by atoms with van der Waals surface area (Å²) in [7, 11) is 0. The van der Waals surface area contributed by atoms with E-state index in [0.717, 1.165) is 21.4 Å². The largest absolute Gasteiger partial charge is 0.467 e. The van der Waals surface area contributed by atoms with Crippen LogP contribution in [0.1, 0.15) is 11.3 Å². The Morgan fingerprint density at radius 1 is 1.25 bits per heavy atom. The van der Waals surface area contributed by atoms with Crippen molar-refractivity contribution in [1.82, 2.24) is 10.2 Å². The Labute approximate surface area is 147 Å². The van der Waals surface area contributed by atoms with Gasteiger partial charge in [0.15, 0.2) is 4.34 Å². The highest BCUT2D eigenvalue weighted by molar-refractivity contribution is 8.01. The van der Waals surface area contributed by atoms with Crippen LogP contribution in [-0.4, -0.2) is 21.9 Å². The van der Waals surface area contributed by atoms with Crippen molar-refractivity contribution >= 4 is 39.8 Å². The molecule has 24 heavy (non-hydrogen) atoms. The molecule has 0 radical (unpaired) electrons. The quantitative estimate of drug-likeness (QED) is 0.624. The van der Waals surface area contributed by atoms with Crippen molar-refractivity contribution in [3.63, 3.8) is 0 Å². The fraction of sp³-hybridized carbons (Fsp3) is 0.188. The van der Waals surface area contributed by atoms with Crippen LogP contribution in [0.25, 0.3) is 0 Å². The summed E-state index contributed by atoms with van der Waals surface area (Å²) < 4.78 is 5.99. The summed E-state index contributed by atoms with van der Waals surface area (Å²) in [5.41, 5.74) is 1.95. The molecule has 0 bridgehead atoms. The number of aryl methyl sites for hydroxylation is 1. The fourth-order valence-corrected chi connectivity index (χ4v) is 3.42. The van der Waals surface area contributed by atoms with Crippen molar-refractivity contribution < 1.29 is 9.21 Å². The molecule has 6 nitrogen and oxygen atoms in total. The molecular formula is C16H16N4O2S2. The molecule has 2 heterocycles. The molecule has 0 saturated carbocycles. The number of thioether (sulfide) groups is 1. The molecule has 1 aromatic carbocycles. The number of carbonyl (C=O) groups excluding carboxylic acids is 1. The summed E-state index contributed by atoms with van der Waals surface area (Å²) >= 11 is 2.78. The van der Waals surface area contributed by atoms with Gasteiger partial charge >= 0.3 is 0 Å². The topological polar surface area (TPSA) is 80.0 Å². The lowest BCUT2D eigenvalue weighted by Gasteiger charge is -2.04. The molecule has 0 atom stereocenters. The molecule has 0 spiro atoms. The lowest BCUT2D eigenvalue weighted by molar-refractivity contribution is -0.113. The predicted molar refractivity (Wildman–Crippen MR) is 96.5 cm³/mol. The van der Waals surface area contributed by atoms with Gasteiger partial charge in [-0.25, -0.2) is 0 Å². The van der Waals surface area contributed by atoms with Crippen molar-refractivity contribution in [2.45, 2.75) is 17.8 Å². The second kappa shape index (κ2) is 7.98. The number of aromatic nitrogens is 2. The molecule has 2 N–H and O–H groups in total. The van der Waals surface area contributed by atoms with Gasteiger partial charge in [-0.1, -0.05) is 40.8 Å². The lowest BCUT2D eigenvalue weighted by atomic mass is 10.2. The molecular weight excluding hydrogens is 344 g/mol. The number of nitrogens with zero attached hydrogens (tertiary/aromatic N) is 2. The Kier molecular flexibility index (Phi) is 5.50. The van der Waals surface area contributed by atoms with E-state index >= 15 is 0 Å². The summed E-state index contributed by atoms with van der Waals surface area (Å²) in [4.78, 5) is 12.0. The molecule has 3 rings (SSSR count). The molecule has 2 aromatic heterocycles. The molecule has 0 fully saturated rings. The minimum atomic E-state index is -0.0656. The van der Waals surface area contributed by atoms with Crippen LogP contribution in [0.15, 0.2) is 51.4 Å². The van der Waals surface area contributed by atoms with Crippen molar-refractivity contribution in [3.05, 3.63) is 54.0 Å². The Morgan fingerprint density at radius 3 is 2.83 bits per heavy atom. The van der Waals surface area contributed by atoms with Crippen molar-refractivity contribution in [3.8, 4) is 0 Å². The van der Waals surface area contributed by atoms with Crippen LogP contribution in [0.4, 0.5) is 10.8 Å². The van der Waals surface area contributed by atoms with Gasteiger partial charge in [0.05, 0.1) is 18.6 Å². The third-order valence-electron chi connectivity index (χ3n) is 3.06. The number of carbonyl (C=O) groups is 1. The summed E-state index contributed by atoms with van der Waals surface area (Å²) in [5, 5.41) is 14.8. The molecule has 1 amide bonds. The van der Waals surface area contributed by atoms with Crippen LogP contribution in [0.5, 0.6) is 0 Å². The highest BCUT2D eigenvalue weighted by atomic mass is 32.2. The molecule has 3 aromatic rings. The minimum absolute atomic E-state index is 0.0656. The molecule has 124 valence electrons. The number of furan rings is 1. The van der Waals surface area contributed by atoms with E-state index in [0.29, 0.717) is 17.4 Å². The normalized spacial score (nSPS) is 10.5. The maximum atomic E-state index is 12.0. The zero-order chi connectivity index (χ0) is 16.8. The van der Waals surface area contributed by atoms with Gasteiger partial charge < -0.3 is 15.1 Å². The highest BCUT2D eigenvalue weighted by Gasteiger charge is 2.09. The molecule has 0 aliphatic heterocycles. The van der Waals surface area contributed by atoms with Gasteiger partial charge in [0.25, 0.3) is 0 Å². The van der Waals surface area contributed by atoms with Gasteiger partial charge in [0.1, 0.15) is 5.76 Å². The predicted octanol–water partition coefficient (Wildman–Crippen LogP) is 3.78.